The molecule has 3 rings (SSSR count). The molecular weight excluding hydrogens is 252 g/mol. The van der Waals surface area contributed by atoms with Crippen molar-refractivity contribution in [3.63, 3.8) is 0 Å². The highest BCUT2D eigenvalue weighted by Gasteiger charge is 2.31. The van der Waals surface area contributed by atoms with Gasteiger partial charge in [-0.2, -0.15) is 5.26 Å². The van der Waals surface area contributed by atoms with Gasteiger partial charge in [0.25, 0.3) is 5.91 Å². The summed E-state index contributed by atoms with van der Waals surface area (Å²) in [5.41, 5.74) is 2.69. The van der Waals surface area contributed by atoms with Crippen molar-refractivity contribution in [3.05, 3.63) is 60.1 Å². The Hall–Kier alpha value is -2.80. The quantitative estimate of drug-likeness (QED) is 0.794. The Balaban J connectivity index is 2.14. The van der Waals surface area contributed by atoms with Gasteiger partial charge in [-0.3, -0.25) is 9.69 Å². The first-order chi connectivity index (χ1) is 9.72. The molecule has 0 N–H and O–H groups in total. The molecule has 20 heavy (non-hydrogen) atoms. The summed E-state index contributed by atoms with van der Waals surface area (Å²) in [6.45, 7) is 1.94. The normalized spacial score (nSPS) is 17.1. The first-order valence-electron chi connectivity index (χ1n) is 6.27. The van der Waals surface area contributed by atoms with E-state index in [2.05, 4.69) is 6.07 Å². The zero-order valence-corrected chi connectivity index (χ0v) is 10.9. The van der Waals surface area contributed by atoms with Crippen molar-refractivity contribution in [1.29, 1.82) is 5.26 Å². The van der Waals surface area contributed by atoms with Crippen LogP contribution in [0, 0.1) is 11.3 Å². The molecule has 2 heterocycles. The van der Waals surface area contributed by atoms with Gasteiger partial charge >= 0.3 is 0 Å². The van der Waals surface area contributed by atoms with E-state index >= 15 is 0 Å². The second-order valence-electron chi connectivity index (χ2n) is 4.59. The molecule has 0 unspecified atom stereocenters. The lowest BCUT2D eigenvalue weighted by Crippen LogP contribution is -2.40. The average Bonchev–Trinajstić information content (AvgIpc) is 3.01. The van der Waals surface area contributed by atoms with Crippen molar-refractivity contribution in [3.8, 4) is 6.07 Å². The minimum atomic E-state index is -0.623. The third kappa shape index (κ3) is 1.81. The fraction of sp³-hybridized carbons (Fsp3) is 0.125. The van der Waals surface area contributed by atoms with Crippen LogP contribution in [0.5, 0.6) is 0 Å². The number of anilines is 1. The van der Waals surface area contributed by atoms with Crippen LogP contribution >= 0.6 is 0 Å². The minimum Gasteiger partial charge on any atom is -0.459 e. The van der Waals surface area contributed by atoms with Gasteiger partial charge in [0, 0.05) is 5.56 Å². The molecule has 1 aromatic carbocycles. The summed E-state index contributed by atoms with van der Waals surface area (Å²) < 4.78 is 5.16. The Bertz CT molecular complexity index is 723. The van der Waals surface area contributed by atoms with Gasteiger partial charge in [0.05, 0.1) is 18.0 Å². The third-order valence-corrected chi connectivity index (χ3v) is 3.36. The van der Waals surface area contributed by atoms with Gasteiger partial charge in [-0.25, -0.2) is 0 Å². The number of carbonyl (C=O) groups excluding carboxylic acids is 1. The third-order valence-electron chi connectivity index (χ3n) is 3.36. The molecule has 4 nitrogen and oxygen atoms in total. The van der Waals surface area contributed by atoms with E-state index < -0.39 is 6.04 Å². The van der Waals surface area contributed by atoms with E-state index in [4.69, 9.17) is 4.42 Å². The number of furan rings is 1. The summed E-state index contributed by atoms with van der Waals surface area (Å²) in [6, 6.07) is 12.3. The predicted octanol–water partition coefficient (Wildman–Crippen LogP) is 3.24. The number of nitriles is 1. The standard InChI is InChI=1S/C16H12N2O2/c1-11-9-12(10-17)18(14-6-3-2-5-13(11)14)16(19)15-7-4-8-20-15/h2-9,12H,1H3/t12-/m1/s1. The topological polar surface area (TPSA) is 57.2 Å². The van der Waals surface area contributed by atoms with Crippen molar-refractivity contribution in [2.75, 3.05) is 4.90 Å². The number of hydrogen-bond donors (Lipinski definition) is 0. The molecule has 0 aliphatic carbocycles. The van der Waals surface area contributed by atoms with Crippen LogP contribution < -0.4 is 4.90 Å². The van der Waals surface area contributed by atoms with E-state index in [1.165, 1.54) is 11.2 Å². The van der Waals surface area contributed by atoms with Crippen LogP contribution in [-0.2, 0) is 0 Å². The lowest BCUT2D eigenvalue weighted by molar-refractivity contribution is 0.0958. The maximum atomic E-state index is 12.6. The van der Waals surface area contributed by atoms with E-state index in [1.54, 1.807) is 18.2 Å². The molecule has 1 amide bonds. The van der Waals surface area contributed by atoms with Gasteiger partial charge in [0.1, 0.15) is 6.04 Å². The van der Waals surface area contributed by atoms with Crippen molar-refractivity contribution < 1.29 is 9.21 Å². The van der Waals surface area contributed by atoms with E-state index in [0.717, 1.165) is 16.8 Å². The predicted molar refractivity (Wildman–Crippen MR) is 75.0 cm³/mol. The zero-order valence-electron chi connectivity index (χ0n) is 10.9. The first kappa shape index (κ1) is 12.2. The summed E-state index contributed by atoms with van der Waals surface area (Å²) in [4.78, 5) is 14.0. The van der Waals surface area contributed by atoms with Gasteiger partial charge in [0.15, 0.2) is 5.76 Å². The maximum Gasteiger partial charge on any atom is 0.295 e. The number of hydrogen-bond acceptors (Lipinski definition) is 3. The Morgan fingerprint density at radius 3 is 2.80 bits per heavy atom. The van der Waals surface area contributed by atoms with Gasteiger partial charge in [-0.15, -0.1) is 0 Å². The molecule has 0 spiro atoms. The Morgan fingerprint density at radius 1 is 1.30 bits per heavy atom. The molecule has 98 valence electrons. The van der Waals surface area contributed by atoms with Crippen LogP contribution in [0.25, 0.3) is 5.57 Å². The second kappa shape index (κ2) is 4.71. The summed E-state index contributed by atoms with van der Waals surface area (Å²) in [5, 5.41) is 9.33. The van der Waals surface area contributed by atoms with Gasteiger partial charge in [-0.1, -0.05) is 18.2 Å². The highest BCUT2D eigenvalue weighted by molar-refractivity contribution is 6.08. The lowest BCUT2D eigenvalue weighted by Gasteiger charge is -2.31. The molecule has 0 saturated heterocycles. The molecule has 1 atom stereocenters. The van der Waals surface area contributed by atoms with Crippen LogP contribution in [0.1, 0.15) is 23.0 Å². The highest BCUT2D eigenvalue weighted by atomic mass is 16.3. The van der Waals surface area contributed by atoms with Crippen molar-refractivity contribution in [1.82, 2.24) is 0 Å². The molecule has 2 aromatic rings. The molecule has 1 aromatic heterocycles. The van der Waals surface area contributed by atoms with Gasteiger partial charge < -0.3 is 4.42 Å². The monoisotopic (exact) mass is 264 g/mol. The Kier molecular flexibility index (Phi) is 2.88. The van der Waals surface area contributed by atoms with E-state index in [9.17, 15) is 10.1 Å². The lowest BCUT2D eigenvalue weighted by atomic mass is 9.96. The molecular formula is C16H12N2O2. The van der Waals surface area contributed by atoms with Crippen LogP contribution in [0.15, 0.2) is 53.2 Å². The fourth-order valence-electron chi connectivity index (χ4n) is 2.42. The zero-order chi connectivity index (χ0) is 14.1. The summed E-state index contributed by atoms with van der Waals surface area (Å²) in [5.74, 6) is -0.0780. The average molecular weight is 264 g/mol. The van der Waals surface area contributed by atoms with Gasteiger partial charge in [0.2, 0.25) is 0 Å². The fourth-order valence-corrected chi connectivity index (χ4v) is 2.42. The van der Waals surface area contributed by atoms with Crippen molar-refractivity contribution >= 4 is 17.2 Å². The molecule has 0 bridgehead atoms. The Labute approximate surface area is 116 Å². The van der Waals surface area contributed by atoms with E-state index in [1.807, 2.05) is 31.2 Å². The molecule has 1 aliphatic rings. The van der Waals surface area contributed by atoms with Crippen molar-refractivity contribution in [2.45, 2.75) is 13.0 Å². The molecule has 1 aliphatic heterocycles. The number of rotatable bonds is 1. The first-order valence-corrected chi connectivity index (χ1v) is 6.27. The molecule has 0 radical (unpaired) electrons. The number of allylic oxidation sites excluding steroid dienone is 1. The number of nitrogens with zero attached hydrogens (tertiary/aromatic N) is 2. The summed E-state index contributed by atoms with van der Waals surface area (Å²) in [6.07, 6.45) is 3.24. The number of para-hydroxylation sites is 1. The number of carbonyl (C=O) groups is 1. The largest absolute Gasteiger partial charge is 0.459 e. The van der Waals surface area contributed by atoms with Gasteiger partial charge in [-0.05, 0) is 36.8 Å². The number of benzene rings is 1. The Morgan fingerprint density at radius 2 is 2.10 bits per heavy atom. The maximum absolute atomic E-state index is 12.6. The van der Waals surface area contributed by atoms with Crippen LogP contribution in [0.2, 0.25) is 0 Å². The number of amides is 1. The summed E-state index contributed by atoms with van der Waals surface area (Å²) in [7, 11) is 0. The van der Waals surface area contributed by atoms with Crippen molar-refractivity contribution in [2.24, 2.45) is 0 Å². The molecule has 0 fully saturated rings. The van der Waals surface area contributed by atoms with Crippen LogP contribution in [0.3, 0.4) is 0 Å². The smallest absolute Gasteiger partial charge is 0.295 e. The summed E-state index contributed by atoms with van der Waals surface area (Å²) >= 11 is 0. The number of fused-ring (bicyclic) bond motifs is 1. The van der Waals surface area contributed by atoms with Crippen LogP contribution in [-0.4, -0.2) is 11.9 Å². The van der Waals surface area contributed by atoms with E-state index in [0.29, 0.717) is 0 Å². The minimum absolute atomic E-state index is 0.230. The second-order valence-corrected chi connectivity index (χ2v) is 4.59. The SMILES string of the molecule is CC1=C[C@H](C#N)N(C(=O)c2ccco2)c2ccccc21. The van der Waals surface area contributed by atoms with E-state index in [-0.39, 0.29) is 11.7 Å². The molecule has 0 saturated carbocycles. The highest BCUT2D eigenvalue weighted by Crippen LogP contribution is 2.34. The molecule has 4 heteroatoms. The van der Waals surface area contributed by atoms with Crippen LogP contribution in [0.4, 0.5) is 5.69 Å².